The van der Waals surface area contributed by atoms with Gasteiger partial charge in [-0.25, -0.2) is 4.79 Å². The van der Waals surface area contributed by atoms with Crippen molar-refractivity contribution in [1.29, 1.82) is 0 Å². The first-order chi connectivity index (χ1) is 18.7. The van der Waals surface area contributed by atoms with Crippen molar-refractivity contribution < 1.29 is 24.0 Å². The SMILES string of the molecule is C=C(c1ccccc1)C(NC(=O)NC(C(=O)N1CCC[C@H]1C(=O)NC(CCC)C(=O)C(N)=O)C(C)(C)C)C(C)C. The van der Waals surface area contributed by atoms with E-state index >= 15 is 0 Å². The predicted molar refractivity (Wildman–Crippen MR) is 155 cm³/mol. The third-order valence-corrected chi connectivity index (χ3v) is 7.15. The average molecular weight is 556 g/mol. The first kappa shape index (κ1) is 32.5. The van der Waals surface area contributed by atoms with E-state index in [0.29, 0.717) is 25.8 Å². The molecule has 1 aliphatic heterocycles. The molecular weight excluding hydrogens is 510 g/mol. The second-order valence-electron chi connectivity index (χ2n) is 11.8. The number of hydrogen-bond acceptors (Lipinski definition) is 5. The number of likely N-dealkylation sites (tertiary alicyclic amines) is 1. The molecule has 4 atom stereocenters. The molecule has 1 fully saturated rings. The van der Waals surface area contributed by atoms with Crippen LogP contribution in [0.1, 0.15) is 72.8 Å². The zero-order chi connectivity index (χ0) is 30.2. The molecule has 1 saturated heterocycles. The number of amides is 5. The fraction of sp³-hybridized carbons (Fsp3) is 0.567. The number of nitrogens with one attached hydrogen (secondary N) is 3. The fourth-order valence-electron chi connectivity index (χ4n) is 4.92. The molecular formula is C30H45N5O5. The summed E-state index contributed by atoms with van der Waals surface area (Å²) in [5.74, 6) is -2.86. The van der Waals surface area contributed by atoms with Crippen LogP contribution in [0.25, 0.3) is 5.57 Å². The Labute approximate surface area is 237 Å². The molecule has 220 valence electrons. The number of hydrogen-bond donors (Lipinski definition) is 4. The number of urea groups is 1. The average Bonchev–Trinajstić information content (AvgIpc) is 3.39. The number of ketones is 1. The summed E-state index contributed by atoms with van der Waals surface area (Å²) < 4.78 is 0. The standard InChI is InChI=1S/C30H45N5O5/c1-8-13-21(24(36)26(31)37)32-27(38)22-16-12-17-35(22)28(39)25(30(5,6)7)34-29(40)33-23(18(2)3)19(4)20-14-10-9-11-15-20/h9-11,14-15,18,21-23,25H,4,8,12-13,16-17H2,1-3,5-7H3,(H2,31,37)(H,32,38)(H2,33,34,40)/t21?,22-,23?,25?/m0/s1. The van der Waals surface area contributed by atoms with Crippen LogP contribution in [-0.4, -0.2) is 65.1 Å². The lowest BCUT2D eigenvalue weighted by Crippen LogP contribution is -2.60. The Balaban J connectivity index is 2.20. The molecule has 3 unspecified atom stereocenters. The molecule has 2 rings (SSSR count). The normalized spacial score (nSPS) is 17.5. The molecule has 0 radical (unpaired) electrons. The smallest absolute Gasteiger partial charge is 0.315 e. The van der Waals surface area contributed by atoms with Crippen molar-refractivity contribution in [3.8, 4) is 0 Å². The minimum absolute atomic E-state index is 0.0353. The highest BCUT2D eigenvalue weighted by Gasteiger charge is 2.43. The number of benzene rings is 1. The lowest BCUT2D eigenvalue weighted by atomic mass is 9.85. The van der Waals surface area contributed by atoms with Crippen molar-refractivity contribution in [3.05, 3.63) is 42.5 Å². The van der Waals surface area contributed by atoms with Crippen molar-refractivity contribution in [2.24, 2.45) is 17.1 Å². The maximum absolute atomic E-state index is 13.8. The van der Waals surface area contributed by atoms with Gasteiger partial charge >= 0.3 is 6.03 Å². The second kappa shape index (κ2) is 14.1. The maximum atomic E-state index is 13.8. The molecule has 1 aromatic carbocycles. The van der Waals surface area contributed by atoms with Gasteiger partial charge in [-0.15, -0.1) is 0 Å². The third-order valence-electron chi connectivity index (χ3n) is 7.15. The van der Waals surface area contributed by atoms with Crippen LogP contribution in [0.3, 0.4) is 0 Å². The van der Waals surface area contributed by atoms with Gasteiger partial charge < -0.3 is 26.6 Å². The molecule has 0 aromatic heterocycles. The monoisotopic (exact) mass is 555 g/mol. The van der Waals surface area contributed by atoms with Gasteiger partial charge in [-0.2, -0.15) is 0 Å². The van der Waals surface area contributed by atoms with Gasteiger partial charge in [-0.1, -0.05) is 84.9 Å². The number of nitrogens with two attached hydrogens (primary N) is 1. The van der Waals surface area contributed by atoms with E-state index < -0.39 is 53.1 Å². The molecule has 0 bridgehead atoms. The van der Waals surface area contributed by atoms with E-state index in [1.807, 2.05) is 71.9 Å². The van der Waals surface area contributed by atoms with Crippen LogP contribution in [0.2, 0.25) is 0 Å². The molecule has 40 heavy (non-hydrogen) atoms. The van der Waals surface area contributed by atoms with E-state index in [9.17, 15) is 24.0 Å². The van der Waals surface area contributed by atoms with Crippen LogP contribution in [0.5, 0.6) is 0 Å². The number of Topliss-reactive ketones (excluding diaryl/α,β-unsaturated/α-hetero) is 1. The summed E-state index contributed by atoms with van der Waals surface area (Å²) in [7, 11) is 0. The van der Waals surface area contributed by atoms with E-state index in [2.05, 4.69) is 22.5 Å². The Morgan fingerprint density at radius 1 is 1.05 bits per heavy atom. The topological polar surface area (TPSA) is 151 Å². The Morgan fingerprint density at radius 2 is 1.68 bits per heavy atom. The van der Waals surface area contributed by atoms with Crippen LogP contribution in [0, 0.1) is 11.3 Å². The van der Waals surface area contributed by atoms with E-state index in [4.69, 9.17) is 5.73 Å². The van der Waals surface area contributed by atoms with Crippen molar-refractivity contribution in [3.63, 3.8) is 0 Å². The molecule has 5 N–H and O–H groups in total. The van der Waals surface area contributed by atoms with Crippen LogP contribution in [0.4, 0.5) is 4.79 Å². The largest absolute Gasteiger partial charge is 0.363 e. The summed E-state index contributed by atoms with van der Waals surface area (Å²) >= 11 is 0. The first-order valence-electron chi connectivity index (χ1n) is 13.9. The van der Waals surface area contributed by atoms with Gasteiger partial charge in [0, 0.05) is 6.54 Å². The summed E-state index contributed by atoms with van der Waals surface area (Å²) in [5.41, 5.74) is 6.15. The van der Waals surface area contributed by atoms with Gasteiger partial charge in [0.25, 0.3) is 5.91 Å². The predicted octanol–water partition coefficient (Wildman–Crippen LogP) is 2.77. The molecule has 1 aliphatic rings. The highest BCUT2D eigenvalue weighted by Crippen LogP contribution is 2.27. The van der Waals surface area contributed by atoms with Gasteiger partial charge in [0.05, 0.1) is 12.1 Å². The van der Waals surface area contributed by atoms with Crippen molar-refractivity contribution in [1.82, 2.24) is 20.9 Å². The molecule has 10 heteroatoms. The zero-order valence-electron chi connectivity index (χ0n) is 24.6. The van der Waals surface area contributed by atoms with E-state index in [-0.39, 0.29) is 18.4 Å². The Hall–Kier alpha value is -3.69. The van der Waals surface area contributed by atoms with Gasteiger partial charge in [0.1, 0.15) is 12.1 Å². The summed E-state index contributed by atoms with van der Waals surface area (Å²) in [5, 5.41) is 8.45. The number of carbonyl (C=O) groups excluding carboxylic acids is 5. The number of rotatable bonds is 12. The molecule has 0 spiro atoms. The first-order valence-corrected chi connectivity index (χ1v) is 13.9. The van der Waals surface area contributed by atoms with Crippen molar-refractivity contribution in [2.45, 2.75) is 91.4 Å². The molecule has 1 heterocycles. The number of nitrogens with zero attached hydrogens (tertiary/aromatic N) is 1. The highest BCUT2D eigenvalue weighted by molar-refractivity contribution is 6.37. The Kier molecular flexibility index (Phi) is 11.5. The van der Waals surface area contributed by atoms with Crippen LogP contribution >= 0.6 is 0 Å². The minimum atomic E-state index is -1.12. The molecule has 0 aliphatic carbocycles. The Bertz CT molecular complexity index is 1100. The van der Waals surface area contributed by atoms with E-state index in [1.54, 1.807) is 0 Å². The molecule has 0 saturated carbocycles. The minimum Gasteiger partial charge on any atom is -0.363 e. The second-order valence-corrected chi connectivity index (χ2v) is 11.8. The number of primary amides is 1. The van der Waals surface area contributed by atoms with Gasteiger partial charge in [0.2, 0.25) is 17.6 Å². The van der Waals surface area contributed by atoms with Gasteiger partial charge in [-0.05, 0) is 41.7 Å². The molecule has 5 amide bonds. The van der Waals surface area contributed by atoms with Gasteiger partial charge in [0.15, 0.2) is 0 Å². The van der Waals surface area contributed by atoms with Crippen LogP contribution in [-0.2, 0) is 19.2 Å². The van der Waals surface area contributed by atoms with Crippen molar-refractivity contribution >= 4 is 35.1 Å². The third kappa shape index (κ3) is 8.40. The summed E-state index contributed by atoms with van der Waals surface area (Å²) in [4.78, 5) is 65.3. The fourth-order valence-corrected chi connectivity index (χ4v) is 4.92. The maximum Gasteiger partial charge on any atom is 0.315 e. The summed E-state index contributed by atoms with van der Waals surface area (Å²) in [6.07, 6.45) is 1.79. The lowest BCUT2D eigenvalue weighted by Gasteiger charge is -2.36. The van der Waals surface area contributed by atoms with E-state index in [0.717, 1.165) is 11.1 Å². The van der Waals surface area contributed by atoms with Crippen molar-refractivity contribution in [2.75, 3.05) is 6.54 Å². The lowest BCUT2D eigenvalue weighted by molar-refractivity contribution is -0.143. The summed E-state index contributed by atoms with van der Waals surface area (Å²) in [6, 6.07) is 5.89. The quantitative estimate of drug-likeness (QED) is 0.293. The summed E-state index contributed by atoms with van der Waals surface area (Å²) in [6.45, 7) is 15.8. The van der Waals surface area contributed by atoms with Gasteiger partial charge in [-0.3, -0.25) is 19.2 Å². The van der Waals surface area contributed by atoms with Crippen LogP contribution in [0.15, 0.2) is 36.9 Å². The zero-order valence-corrected chi connectivity index (χ0v) is 24.6. The highest BCUT2D eigenvalue weighted by atomic mass is 16.2. The number of carbonyl (C=O) groups is 5. The Morgan fingerprint density at radius 3 is 2.20 bits per heavy atom. The van der Waals surface area contributed by atoms with Crippen LogP contribution < -0.4 is 21.7 Å². The molecule has 10 nitrogen and oxygen atoms in total. The van der Waals surface area contributed by atoms with E-state index in [1.165, 1.54) is 4.90 Å². The molecule has 1 aromatic rings.